The molecule has 0 bridgehead atoms. The monoisotopic (exact) mass is 475 g/mol. The van der Waals surface area contributed by atoms with Crippen molar-refractivity contribution in [1.82, 2.24) is 4.57 Å². The quantitative estimate of drug-likeness (QED) is 0.247. The fourth-order valence-electron chi connectivity index (χ4n) is 5.02. The van der Waals surface area contributed by atoms with Crippen LogP contribution in [-0.2, 0) is 0 Å². The van der Waals surface area contributed by atoms with Gasteiger partial charge in [0.05, 0.1) is 23.0 Å². The van der Waals surface area contributed by atoms with Gasteiger partial charge in [0.1, 0.15) is 0 Å². The SMILES string of the molecule is c1ccc(C2=NC(c3ccc(-n4c5ccccc5c5ccccc54)cc3)=NC(c3ccccc3)[N-]2)cc1. The fourth-order valence-corrected chi connectivity index (χ4v) is 5.02. The summed E-state index contributed by atoms with van der Waals surface area (Å²) in [6.45, 7) is 0. The average molecular weight is 476 g/mol. The second-order valence-corrected chi connectivity index (χ2v) is 9.08. The molecule has 5 aromatic carbocycles. The molecule has 1 aromatic heterocycles. The second-order valence-electron chi connectivity index (χ2n) is 9.08. The Bertz CT molecular complexity index is 1730. The molecule has 0 N–H and O–H groups in total. The molecule has 37 heavy (non-hydrogen) atoms. The van der Waals surface area contributed by atoms with E-state index in [1.165, 1.54) is 21.8 Å². The zero-order valence-electron chi connectivity index (χ0n) is 20.1. The second kappa shape index (κ2) is 8.92. The molecule has 0 fully saturated rings. The summed E-state index contributed by atoms with van der Waals surface area (Å²) in [5, 5.41) is 7.39. The zero-order chi connectivity index (χ0) is 24.6. The summed E-state index contributed by atoms with van der Waals surface area (Å²) < 4.78 is 2.32. The molecule has 1 unspecified atom stereocenters. The van der Waals surface area contributed by atoms with E-state index < -0.39 is 0 Å². The highest BCUT2D eigenvalue weighted by Gasteiger charge is 2.14. The van der Waals surface area contributed by atoms with Crippen molar-refractivity contribution < 1.29 is 0 Å². The Hall–Kier alpha value is -4.96. The number of nitrogens with zero attached hydrogens (tertiary/aromatic N) is 4. The van der Waals surface area contributed by atoms with Crippen molar-refractivity contribution in [3.63, 3.8) is 0 Å². The van der Waals surface area contributed by atoms with Crippen LogP contribution >= 0.6 is 0 Å². The first-order valence-corrected chi connectivity index (χ1v) is 12.4. The fraction of sp³-hybridized carbons (Fsp3) is 0.0303. The van der Waals surface area contributed by atoms with Gasteiger partial charge < -0.3 is 14.9 Å². The van der Waals surface area contributed by atoms with E-state index in [2.05, 4.69) is 89.5 Å². The first kappa shape index (κ1) is 21.3. The van der Waals surface area contributed by atoms with Crippen LogP contribution < -0.4 is 0 Å². The first-order chi connectivity index (χ1) is 18.3. The minimum atomic E-state index is -0.332. The van der Waals surface area contributed by atoms with E-state index in [1.54, 1.807) is 0 Å². The lowest BCUT2D eigenvalue weighted by atomic mass is 10.1. The third-order valence-electron chi connectivity index (χ3n) is 6.79. The largest absolute Gasteiger partial charge is 0.438 e. The number of fused-ring (bicyclic) bond motifs is 3. The summed E-state index contributed by atoms with van der Waals surface area (Å²) in [5.41, 5.74) is 6.49. The van der Waals surface area contributed by atoms with E-state index in [-0.39, 0.29) is 6.17 Å². The van der Waals surface area contributed by atoms with Crippen LogP contribution in [0, 0.1) is 0 Å². The highest BCUT2D eigenvalue weighted by Crippen LogP contribution is 2.33. The molecular weight excluding hydrogens is 452 g/mol. The van der Waals surface area contributed by atoms with Gasteiger partial charge in [-0.15, -0.1) is 0 Å². The third-order valence-corrected chi connectivity index (χ3v) is 6.79. The van der Waals surface area contributed by atoms with Gasteiger partial charge in [0.15, 0.2) is 0 Å². The molecule has 1 atom stereocenters. The maximum Gasteiger partial charge on any atom is 0.0822 e. The van der Waals surface area contributed by atoms with Crippen LogP contribution in [0.15, 0.2) is 143 Å². The summed E-state index contributed by atoms with van der Waals surface area (Å²) in [4.78, 5) is 9.83. The van der Waals surface area contributed by atoms with Gasteiger partial charge in [-0.1, -0.05) is 115 Å². The predicted octanol–water partition coefficient (Wildman–Crippen LogP) is 8.06. The van der Waals surface area contributed by atoms with Crippen LogP contribution in [0.4, 0.5) is 0 Å². The molecule has 7 rings (SSSR count). The van der Waals surface area contributed by atoms with Crippen molar-refractivity contribution in [3.8, 4) is 5.69 Å². The lowest BCUT2D eigenvalue weighted by molar-refractivity contribution is 0.878. The van der Waals surface area contributed by atoms with Gasteiger partial charge in [-0.25, -0.2) is 0 Å². The van der Waals surface area contributed by atoms with Crippen molar-refractivity contribution >= 4 is 33.5 Å². The molecular formula is C33H23N4-. The number of aromatic nitrogens is 1. The number of benzene rings is 5. The summed E-state index contributed by atoms with van der Waals surface area (Å²) in [7, 11) is 0. The molecule has 0 radical (unpaired) electrons. The van der Waals surface area contributed by atoms with Crippen molar-refractivity contribution in [3.05, 3.63) is 155 Å². The van der Waals surface area contributed by atoms with Gasteiger partial charge in [0.2, 0.25) is 0 Å². The number of rotatable bonds is 4. The van der Waals surface area contributed by atoms with E-state index in [1.807, 2.05) is 48.5 Å². The van der Waals surface area contributed by atoms with Gasteiger partial charge in [-0.3, -0.25) is 4.99 Å². The molecule has 2 heterocycles. The molecule has 0 spiro atoms. The van der Waals surface area contributed by atoms with Crippen molar-refractivity contribution in [1.29, 1.82) is 0 Å². The summed E-state index contributed by atoms with van der Waals surface area (Å²) in [6, 6.07) is 45.9. The number of hydrogen-bond acceptors (Lipinski definition) is 2. The van der Waals surface area contributed by atoms with Gasteiger partial charge in [0.25, 0.3) is 0 Å². The molecule has 1 aliphatic rings. The van der Waals surface area contributed by atoms with Crippen LogP contribution in [0.3, 0.4) is 0 Å². The first-order valence-electron chi connectivity index (χ1n) is 12.4. The van der Waals surface area contributed by atoms with Crippen LogP contribution in [0.25, 0.3) is 32.8 Å². The lowest BCUT2D eigenvalue weighted by Crippen LogP contribution is -2.15. The van der Waals surface area contributed by atoms with Gasteiger partial charge in [0, 0.05) is 16.5 Å². The van der Waals surface area contributed by atoms with Gasteiger partial charge in [-0.2, -0.15) is 0 Å². The maximum absolute atomic E-state index is 4.95. The Kier molecular flexibility index (Phi) is 5.14. The Labute approximate surface area is 215 Å². The van der Waals surface area contributed by atoms with Crippen LogP contribution in [-0.4, -0.2) is 16.2 Å². The van der Waals surface area contributed by atoms with E-state index in [4.69, 9.17) is 15.3 Å². The highest BCUT2D eigenvalue weighted by atomic mass is 15.2. The van der Waals surface area contributed by atoms with E-state index in [0.717, 1.165) is 22.4 Å². The molecule has 4 nitrogen and oxygen atoms in total. The summed E-state index contributed by atoms with van der Waals surface area (Å²) in [5.74, 6) is 1.39. The Morgan fingerprint density at radius 2 is 1.11 bits per heavy atom. The molecule has 4 heteroatoms. The van der Waals surface area contributed by atoms with Crippen LogP contribution in [0.1, 0.15) is 22.9 Å². The van der Waals surface area contributed by atoms with Crippen LogP contribution in [0.2, 0.25) is 0 Å². The zero-order valence-corrected chi connectivity index (χ0v) is 20.1. The van der Waals surface area contributed by atoms with Crippen molar-refractivity contribution in [2.24, 2.45) is 9.98 Å². The van der Waals surface area contributed by atoms with E-state index >= 15 is 0 Å². The normalized spacial score (nSPS) is 15.3. The topological polar surface area (TPSA) is 43.8 Å². The summed E-state index contributed by atoms with van der Waals surface area (Å²) >= 11 is 0. The van der Waals surface area contributed by atoms with Crippen molar-refractivity contribution in [2.45, 2.75) is 6.17 Å². The smallest absolute Gasteiger partial charge is 0.0822 e. The van der Waals surface area contributed by atoms with E-state index in [0.29, 0.717) is 11.7 Å². The molecule has 0 saturated heterocycles. The minimum Gasteiger partial charge on any atom is -0.438 e. The summed E-state index contributed by atoms with van der Waals surface area (Å²) in [6.07, 6.45) is -0.332. The molecule has 6 aromatic rings. The highest BCUT2D eigenvalue weighted by molar-refractivity contribution is 6.18. The van der Waals surface area contributed by atoms with Gasteiger partial charge in [-0.05, 0) is 41.0 Å². The number of aliphatic imine (C=N–C) groups is 2. The number of amidine groups is 2. The Morgan fingerprint density at radius 1 is 0.541 bits per heavy atom. The average Bonchev–Trinajstić information content (AvgIpc) is 3.32. The minimum absolute atomic E-state index is 0.332. The van der Waals surface area contributed by atoms with Gasteiger partial charge >= 0.3 is 0 Å². The molecule has 1 aliphatic heterocycles. The molecule has 0 saturated carbocycles. The van der Waals surface area contributed by atoms with Crippen molar-refractivity contribution in [2.75, 3.05) is 0 Å². The third kappa shape index (κ3) is 3.80. The Balaban J connectivity index is 1.32. The number of para-hydroxylation sites is 2. The Morgan fingerprint density at radius 3 is 1.76 bits per heavy atom. The maximum atomic E-state index is 4.95. The molecule has 0 amide bonds. The van der Waals surface area contributed by atoms with Crippen LogP contribution in [0.5, 0.6) is 0 Å². The molecule has 176 valence electrons. The molecule has 0 aliphatic carbocycles. The predicted molar refractivity (Wildman–Crippen MR) is 153 cm³/mol. The standard InChI is InChI=1S/C33H23N4/c1-3-11-23(12-4-1)31-34-32(24-13-5-2-6-14-24)36-33(35-31)25-19-21-26(22-20-25)37-29-17-9-7-15-27(29)28-16-8-10-18-30(28)37/h1-22,31H/q-1. The lowest BCUT2D eigenvalue weighted by Gasteiger charge is -2.32. The number of hydrogen-bond donors (Lipinski definition) is 0. The van der Waals surface area contributed by atoms with E-state index in [9.17, 15) is 0 Å².